The van der Waals surface area contributed by atoms with E-state index in [0.29, 0.717) is 12.2 Å². The van der Waals surface area contributed by atoms with Crippen LogP contribution in [-0.4, -0.2) is 51.3 Å². The molecular formula is C22H27N5O. The predicted octanol–water partition coefficient (Wildman–Crippen LogP) is 3.01. The first-order valence-electron chi connectivity index (χ1n) is 9.91. The molecule has 0 saturated carbocycles. The number of amides is 1. The lowest BCUT2D eigenvalue weighted by Crippen LogP contribution is -2.34. The first-order valence-corrected chi connectivity index (χ1v) is 9.91. The van der Waals surface area contributed by atoms with Gasteiger partial charge in [0, 0.05) is 26.3 Å². The topological polar surface area (TPSA) is 55.1 Å². The summed E-state index contributed by atoms with van der Waals surface area (Å²) in [6, 6.07) is 13.9. The summed E-state index contributed by atoms with van der Waals surface area (Å²) in [4.78, 5) is 15.3. The monoisotopic (exact) mass is 377 g/mol. The van der Waals surface area contributed by atoms with Crippen molar-refractivity contribution in [1.29, 1.82) is 0 Å². The van der Waals surface area contributed by atoms with Crippen molar-refractivity contribution in [2.24, 2.45) is 7.05 Å². The Kier molecular flexibility index (Phi) is 5.30. The molecule has 146 valence electrons. The molecule has 0 unspecified atom stereocenters. The van der Waals surface area contributed by atoms with Gasteiger partial charge in [-0.1, -0.05) is 17.7 Å². The van der Waals surface area contributed by atoms with Crippen molar-refractivity contribution in [2.45, 2.75) is 19.8 Å². The van der Waals surface area contributed by atoms with Crippen molar-refractivity contribution in [3.63, 3.8) is 0 Å². The minimum Gasteiger partial charge on any atom is -0.349 e. The third kappa shape index (κ3) is 3.87. The van der Waals surface area contributed by atoms with Crippen molar-refractivity contribution in [1.82, 2.24) is 24.6 Å². The Hall–Kier alpha value is -2.86. The maximum atomic E-state index is 13.0. The quantitative estimate of drug-likeness (QED) is 0.718. The lowest BCUT2D eigenvalue weighted by atomic mass is 10.2. The Morgan fingerprint density at radius 2 is 1.89 bits per heavy atom. The summed E-state index contributed by atoms with van der Waals surface area (Å²) in [5.41, 5.74) is 4.39. The average molecular weight is 377 g/mol. The van der Waals surface area contributed by atoms with Crippen LogP contribution >= 0.6 is 0 Å². The van der Waals surface area contributed by atoms with Crippen molar-refractivity contribution in [3.8, 4) is 17.1 Å². The Bertz CT molecular complexity index is 948. The molecule has 1 aliphatic rings. The van der Waals surface area contributed by atoms with Crippen molar-refractivity contribution in [3.05, 3.63) is 59.9 Å². The fourth-order valence-corrected chi connectivity index (χ4v) is 3.70. The summed E-state index contributed by atoms with van der Waals surface area (Å²) >= 11 is 0. The van der Waals surface area contributed by atoms with Crippen LogP contribution in [0.25, 0.3) is 17.1 Å². The van der Waals surface area contributed by atoms with E-state index in [1.165, 1.54) is 18.4 Å². The van der Waals surface area contributed by atoms with E-state index in [2.05, 4.69) is 10.2 Å². The Morgan fingerprint density at radius 3 is 2.57 bits per heavy atom. The molecule has 4 rings (SSSR count). The number of aromatic nitrogens is 3. The van der Waals surface area contributed by atoms with Gasteiger partial charge in [0.25, 0.3) is 5.91 Å². The van der Waals surface area contributed by atoms with E-state index < -0.39 is 0 Å². The van der Waals surface area contributed by atoms with Gasteiger partial charge in [-0.2, -0.15) is 5.10 Å². The van der Waals surface area contributed by atoms with Crippen molar-refractivity contribution >= 4 is 5.91 Å². The molecule has 1 saturated heterocycles. The fourth-order valence-electron chi connectivity index (χ4n) is 3.70. The summed E-state index contributed by atoms with van der Waals surface area (Å²) < 4.78 is 3.75. The molecule has 3 heterocycles. The van der Waals surface area contributed by atoms with Crippen LogP contribution in [0, 0.1) is 6.92 Å². The SMILES string of the molecule is Cc1ccc(-n2nc(-c3cccn3C)cc2C(=O)NCCN2CCCC2)cc1. The molecule has 1 amide bonds. The van der Waals surface area contributed by atoms with Crippen LogP contribution in [0.1, 0.15) is 28.9 Å². The zero-order valence-electron chi connectivity index (χ0n) is 16.6. The molecule has 28 heavy (non-hydrogen) atoms. The van der Waals surface area contributed by atoms with Gasteiger partial charge < -0.3 is 14.8 Å². The summed E-state index contributed by atoms with van der Waals surface area (Å²) in [6.07, 6.45) is 4.50. The highest BCUT2D eigenvalue weighted by Crippen LogP contribution is 2.22. The molecule has 0 spiro atoms. The first-order chi connectivity index (χ1) is 13.6. The van der Waals surface area contributed by atoms with Gasteiger partial charge in [0.05, 0.1) is 11.4 Å². The van der Waals surface area contributed by atoms with Gasteiger partial charge in [0.2, 0.25) is 0 Å². The van der Waals surface area contributed by atoms with Crippen LogP contribution in [-0.2, 0) is 7.05 Å². The lowest BCUT2D eigenvalue weighted by molar-refractivity contribution is 0.0942. The number of hydrogen-bond acceptors (Lipinski definition) is 3. The smallest absolute Gasteiger partial charge is 0.270 e. The van der Waals surface area contributed by atoms with E-state index in [4.69, 9.17) is 5.10 Å². The molecule has 6 heteroatoms. The number of carbonyl (C=O) groups is 1. The fraction of sp³-hybridized carbons (Fsp3) is 0.364. The van der Waals surface area contributed by atoms with E-state index in [-0.39, 0.29) is 5.91 Å². The molecule has 1 aliphatic heterocycles. The molecule has 0 aliphatic carbocycles. The minimum absolute atomic E-state index is 0.0901. The second kappa shape index (κ2) is 8.02. The number of likely N-dealkylation sites (tertiary alicyclic amines) is 1. The van der Waals surface area contributed by atoms with E-state index in [0.717, 1.165) is 36.7 Å². The highest BCUT2D eigenvalue weighted by molar-refractivity contribution is 5.94. The van der Waals surface area contributed by atoms with Gasteiger partial charge in [0.15, 0.2) is 0 Å². The van der Waals surface area contributed by atoms with Crippen LogP contribution in [0.3, 0.4) is 0 Å². The first kappa shape index (κ1) is 18.5. The summed E-state index contributed by atoms with van der Waals surface area (Å²) in [7, 11) is 1.98. The lowest BCUT2D eigenvalue weighted by Gasteiger charge is -2.15. The molecule has 1 N–H and O–H groups in total. The highest BCUT2D eigenvalue weighted by Gasteiger charge is 2.19. The van der Waals surface area contributed by atoms with Gasteiger partial charge in [0.1, 0.15) is 11.4 Å². The maximum absolute atomic E-state index is 13.0. The largest absolute Gasteiger partial charge is 0.349 e. The van der Waals surface area contributed by atoms with Crippen LogP contribution in [0.5, 0.6) is 0 Å². The maximum Gasteiger partial charge on any atom is 0.270 e. The van der Waals surface area contributed by atoms with Crippen LogP contribution in [0.2, 0.25) is 0 Å². The zero-order valence-corrected chi connectivity index (χ0v) is 16.6. The summed E-state index contributed by atoms with van der Waals surface area (Å²) in [5.74, 6) is -0.0901. The van der Waals surface area contributed by atoms with Crippen LogP contribution in [0.15, 0.2) is 48.7 Å². The highest BCUT2D eigenvalue weighted by atomic mass is 16.2. The van der Waals surface area contributed by atoms with Gasteiger partial charge in [-0.25, -0.2) is 4.68 Å². The van der Waals surface area contributed by atoms with Gasteiger partial charge in [-0.15, -0.1) is 0 Å². The predicted molar refractivity (Wildman–Crippen MR) is 111 cm³/mol. The average Bonchev–Trinajstić information content (AvgIpc) is 3.42. The number of rotatable bonds is 6. The number of nitrogens with one attached hydrogen (secondary N) is 1. The number of nitrogens with zero attached hydrogens (tertiary/aromatic N) is 4. The second-order valence-corrected chi connectivity index (χ2v) is 7.47. The van der Waals surface area contributed by atoms with Gasteiger partial charge >= 0.3 is 0 Å². The summed E-state index contributed by atoms with van der Waals surface area (Å²) in [5, 5.41) is 7.82. The molecule has 2 aromatic heterocycles. The Balaban J connectivity index is 1.60. The van der Waals surface area contributed by atoms with Crippen molar-refractivity contribution in [2.75, 3.05) is 26.2 Å². The van der Waals surface area contributed by atoms with Crippen molar-refractivity contribution < 1.29 is 4.79 Å². The third-order valence-corrected chi connectivity index (χ3v) is 5.34. The third-order valence-electron chi connectivity index (χ3n) is 5.34. The normalized spacial score (nSPS) is 14.5. The number of benzene rings is 1. The van der Waals surface area contributed by atoms with E-state index in [1.54, 1.807) is 4.68 Å². The molecule has 3 aromatic rings. The van der Waals surface area contributed by atoms with Crippen LogP contribution < -0.4 is 5.32 Å². The van der Waals surface area contributed by atoms with E-state index >= 15 is 0 Å². The Morgan fingerprint density at radius 1 is 1.14 bits per heavy atom. The minimum atomic E-state index is -0.0901. The van der Waals surface area contributed by atoms with E-state index in [9.17, 15) is 4.79 Å². The van der Waals surface area contributed by atoms with Crippen LogP contribution in [0.4, 0.5) is 0 Å². The molecule has 0 radical (unpaired) electrons. The molecule has 1 aromatic carbocycles. The van der Waals surface area contributed by atoms with Gasteiger partial charge in [-0.3, -0.25) is 4.79 Å². The molecule has 1 fully saturated rings. The molecule has 6 nitrogen and oxygen atoms in total. The number of aryl methyl sites for hydroxylation is 2. The molecular weight excluding hydrogens is 350 g/mol. The standard InChI is InChI=1S/C22H27N5O/c1-17-7-9-18(10-8-17)27-21(16-19(24-27)20-6-5-12-25(20)2)22(28)23-11-15-26-13-3-4-14-26/h5-10,12,16H,3-4,11,13-15H2,1-2H3,(H,23,28). The zero-order chi connectivity index (χ0) is 19.5. The molecule has 0 atom stereocenters. The Labute approximate surface area is 165 Å². The summed E-state index contributed by atoms with van der Waals surface area (Å²) in [6.45, 7) is 5.87. The number of hydrogen-bond donors (Lipinski definition) is 1. The number of carbonyl (C=O) groups excluding carboxylic acids is 1. The second-order valence-electron chi connectivity index (χ2n) is 7.47. The van der Waals surface area contributed by atoms with E-state index in [1.807, 2.05) is 67.2 Å². The molecule has 0 bridgehead atoms. The van der Waals surface area contributed by atoms with Gasteiger partial charge in [-0.05, 0) is 63.2 Å².